The molecule has 18 heavy (non-hydrogen) atoms. The predicted octanol–water partition coefficient (Wildman–Crippen LogP) is 2.95. The third-order valence-corrected chi connectivity index (χ3v) is 2.98. The van der Waals surface area contributed by atoms with Crippen molar-refractivity contribution in [2.24, 2.45) is 7.05 Å². The molecule has 1 aromatic carbocycles. The molecule has 0 spiro atoms. The lowest BCUT2D eigenvalue weighted by atomic mass is 10.1. The molecule has 1 heterocycles. The molecule has 0 unspecified atom stereocenters. The fourth-order valence-electron chi connectivity index (χ4n) is 1.81. The molecule has 3 nitrogen and oxygen atoms in total. The number of ketones is 1. The van der Waals surface area contributed by atoms with E-state index in [0.29, 0.717) is 5.56 Å². The Kier molecular flexibility index (Phi) is 3.48. The molecular weight excluding hydrogens is 255 g/mol. The van der Waals surface area contributed by atoms with E-state index in [1.54, 1.807) is 11.7 Å². The predicted molar refractivity (Wildman–Crippen MR) is 67.4 cm³/mol. The van der Waals surface area contributed by atoms with Gasteiger partial charge in [-0.1, -0.05) is 11.6 Å². The molecule has 94 valence electrons. The summed E-state index contributed by atoms with van der Waals surface area (Å²) >= 11 is 5.85. The zero-order valence-electron chi connectivity index (χ0n) is 10.1. The first-order valence-corrected chi connectivity index (χ1v) is 5.83. The fraction of sp³-hybridized carbons (Fsp3) is 0.231. The summed E-state index contributed by atoms with van der Waals surface area (Å²) in [4.78, 5) is 12.1. The van der Waals surface area contributed by atoms with Crippen molar-refractivity contribution in [1.29, 1.82) is 0 Å². The maximum Gasteiger partial charge on any atom is 0.170 e. The number of aromatic nitrogens is 2. The van der Waals surface area contributed by atoms with Crippen LogP contribution in [0.2, 0.25) is 5.02 Å². The van der Waals surface area contributed by atoms with Crippen LogP contribution in [0.25, 0.3) is 0 Å². The fourth-order valence-corrected chi connectivity index (χ4v) is 2.08. The van der Waals surface area contributed by atoms with Crippen LogP contribution >= 0.6 is 11.6 Å². The van der Waals surface area contributed by atoms with Gasteiger partial charge in [-0.2, -0.15) is 5.10 Å². The van der Waals surface area contributed by atoms with E-state index in [2.05, 4.69) is 5.10 Å². The maximum atomic E-state index is 12.9. The van der Waals surface area contributed by atoms with Gasteiger partial charge < -0.3 is 0 Å². The number of carbonyl (C=O) groups excluding carboxylic acids is 1. The normalized spacial score (nSPS) is 10.7. The highest BCUT2D eigenvalue weighted by atomic mass is 35.5. The summed E-state index contributed by atoms with van der Waals surface area (Å²) in [5.74, 6) is -0.601. The van der Waals surface area contributed by atoms with Crippen LogP contribution < -0.4 is 0 Å². The van der Waals surface area contributed by atoms with Gasteiger partial charge >= 0.3 is 0 Å². The molecule has 0 aliphatic carbocycles. The topological polar surface area (TPSA) is 34.9 Å². The van der Waals surface area contributed by atoms with Crippen molar-refractivity contribution >= 4 is 17.4 Å². The van der Waals surface area contributed by atoms with Gasteiger partial charge in [0.15, 0.2) is 5.78 Å². The van der Waals surface area contributed by atoms with Crippen molar-refractivity contribution in [3.05, 3.63) is 52.1 Å². The molecule has 0 atom stereocenters. The van der Waals surface area contributed by atoms with Gasteiger partial charge in [-0.05, 0) is 31.2 Å². The summed E-state index contributed by atoms with van der Waals surface area (Å²) in [5, 5.41) is 4.30. The minimum Gasteiger partial charge on any atom is -0.294 e. The zero-order chi connectivity index (χ0) is 13.3. The standard InChI is InChI=1S/C13H12ClFN2O/c1-8-5-10(17(2)16-8)7-13(18)11-4-3-9(15)6-12(11)14/h3-6H,7H2,1-2H3. The van der Waals surface area contributed by atoms with Crippen molar-refractivity contribution in [1.82, 2.24) is 9.78 Å². The summed E-state index contributed by atoms with van der Waals surface area (Å²) in [6.45, 7) is 1.86. The molecular formula is C13H12ClFN2O. The lowest BCUT2D eigenvalue weighted by Crippen LogP contribution is -2.08. The van der Waals surface area contributed by atoms with Crippen LogP contribution in [0.1, 0.15) is 21.7 Å². The Hall–Kier alpha value is -1.68. The minimum atomic E-state index is -0.451. The van der Waals surface area contributed by atoms with Gasteiger partial charge in [-0.25, -0.2) is 4.39 Å². The Labute approximate surface area is 109 Å². The average Bonchev–Trinajstić information content (AvgIpc) is 2.57. The van der Waals surface area contributed by atoms with E-state index in [1.165, 1.54) is 12.1 Å². The summed E-state index contributed by atoms with van der Waals surface area (Å²) in [6, 6.07) is 5.62. The van der Waals surface area contributed by atoms with E-state index in [9.17, 15) is 9.18 Å². The van der Waals surface area contributed by atoms with Crippen LogP contribution in [0.5, 0.6) is 0 Å². The van der Waals surface area contributed by atoms with Crippen molar-refractivity contribution < 1.29 is 9.18 Å². The van der Waals surface area contributed by atoms with Gasteiger partial charge in [0.2, 0.25) is 0 Å². The summed E-state index contributed by atoms with van der Waals surface area (Å²) in [5.41, 5.74) is 1.99. The van der Waals surface area contributed by atoms with E-state index in [4.69, 9.17) is 11.6 Å². The van der Waals surface area contributed by atoms with E-state index in [-0.39, 0.29) is 17.2 Å². The summed E-state index contributed by atoms with van der Waals surface area (Å²) in [6.07, 6.45) is 0.197. The van der Waals surface area contributed by atoms with Crippen molar-refractivity contribution in [2.45, 2.75) is 13.3 Å². The first-order chi connectivity index (χ1) is 8.47. The molecule has 5 heteroatoms. The number of nitrogens with zero attached hydrogens (tertiary/aromatic N) is 2. The first-order valence-electron chi connectivity index (χ1n) is 5.45. The highest BCUT2D eigenvalue weighted by molar-refractivity contribution is 6.34. The molecule has 2 rings (SSSR count). The van der Waals surface area contributed by atoms with Gasteiger partial charge in [-0.3, -0.25) is 9.48 Å². The van der Waals surface area contributed by atoms with Gasteiger partial charge in [-0.15, -0.1) is 0 Å². The molecule has 0 aliphatic rings. The quantitative estimate of drug-likeness (QED) is 0.801. The molecule has 0 N–H and O–H groups in total. The van der Waals surface area contributed by atoms with Crippen molar-refractivity contribution in [2.75, 3.05) is 0 Å². The number of halogens is 2. The molecule has 0 amide bonds. The smallest absolute Gasteiger partial charge is 0.170 e. The summed E-state index contributed by atoms with van der Waals surface area (Å²) in [7, 11) is 1.78. The highest BCUT2D eigenvalue weighted by Crippen LogP contribution is 2.19. The van der Waals surface area contributed by atoms with Crippen LogP contribution in [0.4, 0.5) is 4.39 Å². The Morgan fingerprint density at radius 3 is 2.72 bits per heavy atom. The number of Topliss-reactive ketones (excluding diaryl/α,β-unsaturated/α-hetero) is 1. The van der Waals surface area contributed by atoms with Crippen LogP contribution in [0, 0.1) is 12.7 Å². The lowest BCUT2D eigenvalue weighted by molar-refractivity contribution is 0.0991. The lowest BCUT2D eigenvalue weighted by Gasteiger charge is -2.04. The Morgan fingerprint density at radius 1 is 1.44 bits per heavy atom. The van der Waals surface area contributed by atoms with Gasteiger partial charge in [0.05, 0.1) is 17.1 Å². The minimum absolute atomic E-state index is 0.138. The van der Waals surface area contributed by atoms with Crippen LogP contribution in [0.3, 0.4) is 0 Å². The molecule has 0 saturated heterocycles. The second kappa shape index (κ2) is 4.90. The molecule has 0 bridgehead atoms. The third-order valence-electron chi connectivity index (χ3n) is 2.67. The van der Waals surface area contributed by atoms with Gasteiger partial charge in [0.25, 0.3) is 0 Å². The molecule has 0 fully saturated rings. The Morgan fingerprint density at radius 2 is 2.17 bits per heavy atom. The van der Waals surface area contributed by atoms with Crippen LogP contribution in [-0.2, 0) is 13.5 Å². The number of hydrogen-bond donors (Lipinski definition) is 0. The van der Waals surface area contributed by atoms with Crippen molar-refractivity contribution in [3.63, 3.8) is 0 Å². The number of aryl methyl sites for hydroxylation is 2. The molecule has 0 saturated carbocycles. The SMILES string of the molecule is Cc1cc(CC(=O)c2ccc(F)cc2Cl)n(C)n1. The largest absolute Gasteiger partial charge is 0.294 e. The average molecular weight is 267 g/mol. The second-order valence-corrected chi connectivity index (χ2v) is 4.53. The Balaban J connectivity index is 2.24. The first kappa shape index (κ1) is 12.8. The monoisotopic (exact) mass is 266 g/mol. The zero-order valence-corrected chi connectivity index (χ0v) is 10.8. The third kappa shape index (κ3) is 2.59. The van der Waals surface area contributed by atoms with Crippen LogP contribution in [0.15, 0.2) is 24.3 Å². The van der Waals surface area contributed by atoms with Crippen LogP contribution in [-0.4, -0.2) is 15.6 Å². The highest BCUT2D eigenvalue weighted by Gasteiger charge is 2.14. The van der Waals surface area contributed by atoms with E-state index < -0.39 is 5.82 Å². The number of rotatable bonds is 3. The molecule has 0 aliphatic heterocycles. The molecule has 0 radical (unpaired) electrons. The molecule has 2 aromatic rings. The number of hydrogen-bond acceptors (Lipinski definition) is 2. The number of benzene rings is 1. The molecule has 1 aromatic heterocycles. The summed E-state index contributed by atoms with van der Waals surface area (Å²) < 4.78 is 14.6. The van der Waals surface area contributed by atoms with E-state index in [0.717, 1.165) is 17.5 Å². The van der Waals surface area contributed by atoms with E-state index in [1.807, 2.05) is 13.0 Å². The van der Waals surface area contributed by atoms with Crippen molar-refractivity contribution in [3.8, 4) is 0 Å². The van der Waals surface area contributed by atoms with Gasteiger partial charge in [0, 0.05) is 18.3 Å². The van der Waals surface area contributed by atoms with E-state index >= 15 is 0 Å². The Bertz CT molecular complexity index is 607. The van der Waals surface area contributed by atoms with Gasteiger partial charge in [0.1, 0.15) is 5.82 Å². The maximum absolute atomic E-state index is 12.9. The number of carbonyl (C=O) groups is 1. The second-order valence-electron chi connectivity index (χ2n) is 4.12.